The number of allylic oxidation sites excluding steroid dienone is 1. The van der Waals surface area contributed by atoms with Crippen LogP contribution < -0.4 is 5.48 Å². The van der Waals surface area contributed by atoms with Gasteiger partial charge in [-0.15, -0.1) is 0 Å². The molecule has 0 atom stereocenters. The van der Waals surface area contributed by atoms with Crippen LogP contribution >= 0.6 is 0 Å². The van der Waals surface area contributed by atoms with Gasteiger partial charge in [0.15, 0.2) is 5.78 Å². The highest BCUT2D eigenvalue weighted by Crippen LogP contribution is 2.12. The summed E-state index contributed by atoms with van der Waals surface area (Å²) in [5, 5.41) is 0. The summed E-state index contributed by atoms with van der Waals surface area (Å²) < 4.78 is 0. The molecule has 0 amide bonds. The van der Waals surface area contributed by atoms with Crippen molar-refractivity contribution in [3.63, 3.8) is 0 Å². The molecule has 1 N–H and O–H groups in total. The van der Waals surface area contributed by atoms with Crippen LogP contribution in [0.5, 0.6) is 0 Å². The molecule has 3 aromatic carbocycles. The van der Waals surface area contributed by atoms with Gasteiger partial charge in [0.1, 0.15) is 0 Å². The zero-order valence-electron chi connectivity index (χ0n) is 23.3. The Hall–Kier alpha value is -3.17. The lowest BCUT2D eigenvalue weighted by molar-refractivity contribution is 0.104. The molecule has 0 saturated carbocycles. The number of carbonyl (C=O) groups is 1. The predicted molar refractivity (Wildman–Crippen MR) is 163 cm³/mol. The highest BCUT2D eigenvalue weighted by molar-refractivity contribution is 6.06. The maximum absolute atomic E-state index is 11.7. The third kappa shape index (κ3) is 15.8. The largest absolute Gasteiger partial charge is 0.289 e. The molecule has 0 bridgehead atoms. The van der Waals surface area contributed by atoms with Gasteiger partial charge in [0.2, 0.25) is 0 Å². The Morgan fingerprint density at radius 2 is 1.11 bits per heavy atom. The first-order chi connectivity index (χ1) is 18.8. The Kier molecular flexibility index (Phi) is 17.9. The van der Waals surface area contributed by atoms with Crippen LogP contribution in [-0.2, 0) is 4.84 Å². The van der Waals surface area contributed by atoms with Crippen molar-refractivity contribution in [2.24, 2.45) is 0 Å². The normalized spacial score (nSPS) is 10.7. The monoisotopic (exact) mass is 513 g/mol. The second kappa shape index (κ2) is 21.9. The molecule has 3 aromatic rings. The van der Waals surface area contributed by atoms with Crippen LogP contribution in [0.25, 0.3) is 6.08 Å². The maximum atomic E-state index is 11.7. The molecule has 0 aliphatic carbocycles. The first kappa shape index (κ1) is 31.1. The first-order valence-corrected chi connectivity index (χ1v) is 14.5. The van der Waals surface area contributed by atoms with Gasteiger partial charge in [-0.2, -0.15) is 0 Å². The molecule has 0 aromatic heterocycles. The fraction of sp³-hybridized carbons (Fsp3) is 0.400. The molecular weight excluding hydrogens is 466 g/mol. The molecule has 38 heavy (non-hydrogen) atoms. The summed E-state index contributed by atoms with van der Waals surface area (Å²) in [6.45, 7) is 3.08. The van der Waals surface area contributed by atoms with Crippen LogP contribution in [0.3, 0.4) is 0 Å². The van der Waals surface area contributed by atoms with Crippen LogP contribution in [0.1, 0.15) is 99.9 Å². The minimum Gasteiger partial charge on any atom is -0.289 e. The molecule has 0 heterocycles. The fourth-order valence-electron chi connectivity index (χ4n) is 4.09. The Morgan fingerprint density at radius 3 is 1.66 bits per heavy atom. The van der Waals surface area contributed by atoms with Crippen molar-refractivity contribution in [2.75, 3.05) is 12.1 Å². The van der Waals surface area contributed by atoms with Gasteiger partial charge >= 0.3 is 0 Å². The summed E-state index contributed by atoms with van der Waals surface area (Å²) in [5.74, 6) is 0.0319. The summed E-state index contributed by atoms with van der Waals surface area (Å²) in [4.78, 5) is 17.2. The summed E-state index contributed by atoms with van der Waals surface area (Å²) in [6.07, 6.45) is 20.0. The van der Waals surface area contributed by atoms with Crippen LogP contribution in [0.15, 0.2) is 97.1 Å². The van der Waals surface area contributed by atoms with Crippen molar-refractivity contribution in [2.45, 2.75) is 84.0 Å². The van der Waals surface area contributed by atoms with E-state index >= 15 is 0 Å². The second-order valence-electron chi connectivity index (χ2n) is 9.68. The van der Waals surface area contributed by atoms with Crippen molar-refractivity contribution >= 4 is 17.5 Å². The number of nitrogens with one attached hydrogen (secondary N) is 1. The number of anilines is 1. The van der Waals surface area contributed by atoms with E-state index in [0.717, 1.165) is 29.8 Å². The van der Waals surface area contributed by atoms with Gasteiger partial charge in [0.05, 0.1) is 12.3 Å². The molecule has 0 saturated heterocycles. The van der Waals surface area contributed by atoms with Crippen LogP contribution in [0.2, 0.25) is 0 Å². The van der Waals surface area contributed by atoms with Gasteiger partial charge in [0, 0.05) is 5.56 Å². The van der Waals surface area contributed by atoms with Gasteiger partial charge in [-0.05, 0) is 30.2 Å². The number of benzene rings is 3. The van der Waals surface area contributed by atoms with E-state index < -0.39 is 0 Å². The molecular formula is C35H47NO2. The molecule has 204 valence electrons. The topological polar surface area (TPSA) is 38.3 Å². The lowest BCUT2D eigenvalue weighted by Gasteiger charge is -2.06. The quantitative estimate of drug-likeness (QED) is 0.0795. The zero-order chi connectivity index (χ0) is 26.9. The molecule has 0 aliphatic rings. The number of carbonyl (C=O) groups excluding carboxylic acids is 1. The lowest BCUT2D eigenvalue weighted by atomic mass is 10.1. The minimum absolute atomic E-state index is 0.0319. The Labute approximate surface area is 231 Å². The number of para-hydroxylation sites is 1. The lowest BCUT2D eigenvalue weighted by Crippen LogP contribution is -2.02. The minimum atomic E-state index is 0.0319. The van der Waals surface area contributed by atoms with E-state index in [-0.39, 0.29) is 5.78 Å². The van der Waals surface area contributed by atoms with E-state index in [1.54, 1.807) is 6.08 Å². The summed E-state index contributed by atoms with van der Waals surface area (Å²) >= 11 is 0. The summed E-state index contributed by atoms with van der Waals surface area (Å²) in [7, 11) is 0. The number of unbranched alkanes of at least 4 members (excludes halogenated alkanes) is 11. The number of rotatable bonds is 18. The predicted octanol–water partition coefficient (Wildman–Crippen LogP) is 10.3. The molecule has 0 spiro atoms. The third-order valence-corrected chi connectivity index (χ3v) is 6.35. The number of hydrogen-bond acceptors (Lipinski definition) is 3. The van der Waals surface area contributed by atoms with Crippen LogP contribution in [0, 0.1) is 0 Å². The molecule has 3 nitrogen and oxygen atoms in total. The van der Waals surface area contributed by atoms with Gasteiger partial charge in [0.25, 0.3) is 0 Å². The van der Waals surface area contributed by atoms with E-state index in [2.05, 4.69) is 12.4 Å². The molecule has 3 heteroatoms. The zero-order valence-corrected chi connectivity index (χ0v) is 23.3. The van der Waals surface area contributed by atoms with Crippen molar-refractivity contribution in [1.82, 2.24) is 0 Å². The fourth-order valence-corrected chi connectivity index (χ4v) is 4.09. The maximum Gasteiger partial charge on any atom is 0.185 e. The highest BCUT2D eigenvalue weighted by atomic mass is 16.6. The van der Waals surface area contributed by atoms with Gasteiger partial charge in [-0.25, -0.2) is 0 Å². The average molecular weight is 514 g/mol. The van der Waals surface area contributed by atoms with Crippen molar-refractivity contribution < 1.29 is 9.63 Å². The van der Waals surface area contributed by atoms with Crippen LogP contribution in [-0.4, -0.2) is 12.4 Å². The standard InChI is InChI=1S/C20H35NO.C15H12O/c1-2-3-4-5-6-7-8-9-10-11-12-16-19-22-21-20-17-14-13-15-18-20;16-15(14-9-5-2-6-10-14)12-11-13-7-3-1-4-8-13/h13-15,17-18,21H,2-12,16,19H2,1H3;1-12H. The van der Waals surface area contributed by atoms with E-state index in [9.17, 15) is 4.79 Å². The van der Waals surface area contributed by atoms with E-state index in [1.807, 2.05) is 97.1 Å². The van der Waals surface area contributed by atoms with Crippen LogP contribution in [0.4, 0.5) is 5.69 Å². The van der Waals surface area contributed by atoms with Gasteiger partial charge in [-0.1, -0.05) is 162 Å². The Balaban J connectivity index is 0.000000279. The summed E-state index contributed by atoms with van der Waals surface area (Å²) in [5.41, 5.74) is 5.76. The molecule has 0 aliphatic heterocycles. The Bertz CT molecular complexity index is 971. The molecule has 0 radical (unpaired) electrons. The third-order valence-electron chi connectivity index (χ3n) is 6.35. The first-order valence-electron chi connectivity index (χ1n) is 14.5. The average Bonchev–Trinajstić information content (AvgIpc) is 2.98. The van der Waals surface area contributed by atoms with Crippen molar-refractivity contribution in [3.05, 3.63) is 108 Å². The number of ketones is 1. The number of hydrogen-bond donors (Lipinski definition) is 1. The van der Waals surface area contributed by atoms with E-state index in [4.69, 9.17) is 4.84 Å². The summed E-state index contributed by atoms with van der Waals surface area (Å²) in [6, 6.07) is 29.1. The van der Waals surface area contributed by atoms with Crippen molar-refractivity contribution in [3.8, 4) is 0 Å². The second-order valence-corrected chi connectivity index (χ2v) is 9.68. The molecule has 0 unspecified atom stereocenters. The highest BCUT2D eigenvalue weighted by Gasteiger charge is 1.99. The molecule has 3 rings (SSSR count). The van der Waals surface area contributed by atoms with Crippen molar-refractivity contribution in [1.29, 1.82) is 0 Å². The van der Waals surface area contributed by atoms with E-state index in [0.29, 0.717) is 0 Å². The van der Waals surface area contributed by atoms with Gasteiger partial charge < -0.3 is 0 Å². The molecule has 0 fully saturated rings. The van der Waals surface area contributed by atoms with E-state index in [1.165, 1.54) is 70.6 Å². The smallest absolute Gasteiger partial charge is 0.185 e. The Morgan fingerprint density at radius 1 is 0.632 bits per heavy atom. The van der Waals surface area contributed by atoms with Gasteiger partial charge in [-0.3, -0.25) is 15.1 Å². The SMILES string of the molecule is CCCCCCCCCCCCCCONc1ccccc1.O=C(C=Cc1ccccc1)c1ccccc1.